The van der Waals surface area contributed by atoms with Crippen LogP contribution in [0.1, 0.15) is 406 Å². The van der Waals surface area contributed by atoms with E-state index in [1.54, 1.807) is 0 Å². The Hall–Kier alpha value is -1.59. The number of carbonyl (C=O) groups is 3. The van der Waals surface area contributed by atoms with Crippen molar-refractivity contribution in [2.45, 2.75) is 412 Å². The number of ether oxygens (including phenoxy) is 3. The molecule has 0 saturated carbocycles. The summed E-state index contributed by atoms with van der Waals surface area (Å²) in [6.45, 7) is 6.70. The third-order valence-electron chi connectivity index (χ3n) is 16.1. The summed E-state index contributed by atoms with van der Waals surface area (Å²) in [5, 5.41) is 0. The van der Waals surface area contributed by atoms with E-state index in [1.807, 2.05) is 0 Å². The maximum atomic E-state index is 12.9. The van der Waals surface area contributed by atoms with Gasteiger partial charge in [-0.05, 0) is 19.3 Å². The SMILES string of the molecule is CCCCCCCCCCCCCCCCCCCCCCCCCCCCCCCCCCCC(=O)OCC(COC(=O)CCCCCCCCCCC)OC(=O)CCCCCCCCCCCCCCCCC. The summed E-state index contributed by atoms with van der Waals surface area (Å²) < 4.78 is 16.9. The van der Waals surface area contributed by atoms with Crippen LogP contribution in [0.4, 0.5) is 0 Å². The normalized spacial score (nSPS) is 11.9. The van der Waals surface area contributed by atoms with Crippen molar-refractivity contribution in [1.29, 1.82) is 0 Å². The fraction of sp³-hybridized carbons (Fsp3) is 0.957. The summed E-state index contributed by atoms with van der Waals surface area (Å²) in [6.07, 6.45) is 75.9. The molecule has 0 aliphatic carbocycles. The molecule has 0 heterocycles. The number of unbranched alkanes of at least 4 members (excludes halogenated alkanes) is 54. The summed E-state index contributed by atoms with van der Waals surface area (Å²) in [5.74, 6) is -0.832. The molecular formula is C69H134O6. The van der Waals surface area contributed by atoms with Gasteiger partial charge in [-0.3, -0.25) is 14.4 Å². The molecule has 0 bridgehead atoms. The Bertz CT molecular complexity index is 1120. The molecular weight excluding hydrogens is 925 g/mol. The minimum atomic E-state index is -0.761. The first-order valence-electron chi connectivity index (χ1n) is 34.5. The lowest BCUT2D eigenvalue weighted by Crippen LogP contribution is -2.30. The van der Waals surface area contributed by atoms with Crippen molar-refractivity contribution in [1.82, 2.24) is 0 Å². The molecule has 446 valence electrons. The van der Waals surface area contributed by atoms with E-state index in [9.17, 15) is 14.4 Å². The summed E-state index contributed by atoms with van der Waals surface area (Å²) in [4.78, 5) is 38.1. The number of esters is 3. The highest BCUT2D eigenvalue weighted by Crippen LogP contribution is 2.19. The van der Waals surface area contributed by atoms with Crippen molar-refractivity contribution in [2.75, 3.05) is 13.2 Å². The minimum absolute atomic E-state index is 0.0611. The predicted molar refractivity (Wildman–Crippen MR) is 326 cm³/mol. The van der Waals surface area contributed by atoms with Crippen LogP contribution in [0.5, 0.6) is 0 Å². The third kappa shape index (κ3) is 63.1. The largest absolute Gasteiger partial charge is 0.462 e. The Balaban J connectivity index is 3.95. The molecule has 0 aromatic heterocycles. The highest BCUT2D eigenvalue weighted by Gasteiger charge is 2.19. The maximum absolute atomic E-state index is 12.9. The molecule has 75 heavy (non-hydrogen) atoms. The average molecular weight is 1060 g/mol. The van der Waals surface area contributed by atoms with E-state index < -0.39 is 6.10 Å². The lowest BCUT2D eigenvalue weighted by Gasteiger charge is -2.18. The van der Waals surface area contributed by atoms with Crippen molar-refractivity contribution in [3.8, 4) is 0 Å². The van der Waals surface area contributed by atoms with Gasteiger partial charge < -0.3 is 14.2 Å². The number of hydrogen-bond donors (Lipinski definition) is 0. The quantitative estimate of drug-likeness (QED) is 0.0343. The monoisotopic (exact) mass is 1060 g/mol. The molecule has 0 saturated heterocycles. The maximum Gasteiger partial charge on any atom is 0.306 e. The first kappa shape index (κ1) is 73.4. The molecule has 0 radical (unpaired) electrons. The van der Waals surface area contributed by atoms with Crippen LogP contribution in [0.3, 0.4) is 0 Å². The van der Waals surface area contributed by atoms with Gasteiger partial charge in [0.2, 0.25) is 0 Å². The molecule has 1 unspecified atom stereocenters. The zero-order valence-electron chi connectivity index (χ0n) is 51.4. The van der Waals surface area contributed by atoms with Gasteiger partial charge in [-0.25, -0.2) is 0 Å². The van der Waals surface area contributed by atoms with Crippen molar-refractivity contribution >= 4 is 17.9 Å². The Morgan fingerprint density at radius 3 is 0.533 bits per heavy atom. The molecule has 0 rings (SSSR count). The number of carbonyl (C=O) groups excluding carboxylic acids is 3. The van der Waals surface area contributed by atoms with Crippen molar-refractivity contribution in [3.05, 3.63) is 0 Å². The van der Waals surface area contributed by atoms with Gasteiger partial charge in [0.05, 0.1) is 0 Å². The van der Waals surface area contributed by atoms with Gasteiger partial charge in [-0.1, -0.05) is 367 Å². The van der Waals surface area contributed by atoms with E-state index >= 15 is 0 Å². The van der Waals surface area contributed by atoms with Crippen LogP contribution < -0.4 is 0 Å². The van der Waals surface area contributed by atoms with E-state index in [4.69, 9.17) is 14.2 Å². The summed E-state index contributed by atoms with van der Waals surface area (Å²) in [6, 6.07) is 0. The molecule has 0 N–H and O–H groups in total. The molecule has 0 spiro atoms. The fourth-order valence-electron chi connectivity index (χ4n) is 10.9. The van der Waals surface area contributed by atoms with Crippen LogP contribution in [0, 0.1) is 0 Å². The molecule has 0 fully saturated rings. The second-order valence-electron chi connectivity index (χ2n) is 23.8. The molecule has 0 aliphatic rings. The standard InChI is InChI=1S/C69H134O6/c1-4-7-10-13-16-19-21-23-25-26-27-28-29-30-31-32-33-34-35-36-37-38-39-40-41-42-44-45-47-50-53-56-59-62-68(71)74-65-66(64-73-67(70)61-58-55-52-49-18-15-12-9-6-3)75-69(72)63-60-57-54-51-48-46-43-24-22-20-17-14-11-8-5-2/h66H,4-65H2,1-3H3. The van der Waals surface area contributed by atoms with Gasteiger partial charge in [-0.2, -0.15) is 0 Å². The minimum Gasteiger partial charge on any atom is -0.462 e. The van der Waals surface area contributed by atoms with E-state index in [0.29, 0.717) is 19.3 Å². The lowest BCUT2D eigenvalue weighted by molar-refractivity contribution is -0.167. The molecule has 6 nitrogen and oxygen atoms in total. The molecule has 0 aromatic rings. The topological polar surface area (TPSA) is 78.9 Å². The Morgan fingerprint density at radius 2 is 0.360 bits per heavy atom. The highest BCUT2D eigenvalue weighted by atomic mass is 16.6. The van der Waals surface area contributed by atoms with Crippen LogP contribution in [-0.2, 0) is 28.6 Å². The molecule has 1 atom stereocenters. The molecule has 6 heteroatoms. The smallest absolute Gasteiger partial charge is 0.306 e. The average Bonchev–Trinajstić information content (AvgIpc) is 3.41. The predicted octanol–water partition coefficient (Wildman–Crippen LogP) is 23.5. The Kier molecular flexibility index (Phi) is 63.6. The van der Waals surface area contributed by atoms with Crippen LogP contribution in [0.15, 0.2) is 0 Å². The van der Waals surface area contributed by atoms with Crippen molar-refractivity contribution < 1.29 is 28.6 Å². The fourth-order valence-corrected chi connectivity index (χ4v) is 10.9. The van der Waals surface area contributed by atoms with Gasteiger partial charge in [-0.15, -0.1) is 0 Å². The van der Waals surface area contributed by atoms with Crippen LogP contribution in [0.25, 0.3) is 0 Å². The van der Waals surface area contributed by atoms with Crippen LogP contribution >= 0.6 is 0 Å². The third-order valence-corrected chi connectivity index (χ3v) is 16.1. The second-order valence-corrected chi connectivity index (χ2v) is 23.8. The zero-order valence-corrected chi connectivity index (χ0v) is 51.4. The molecule has 0 amide bonds. The zero-order chi connectivity index (χ0) is 54.3. The van der Waals surface area contributed by atoms with E-state index in [1.165, 1.54) is 308 Å². The van der Waals surface area contributed by atoms with Gasteiger partial charge in [0.15, 0.2) is 6.10 Å². The summed E-state index contributed by atoms with van der Waals surface area (Å²) >= 11 is 0. The van der Waals surface area contributed by atoms with E-state index in [0.717, 1.165) is 57.8 Å². The van der Waals surface area contributed by atoms with Gasteiger partial charge in [0.1, 0.15) is 13.2 Å². The number of rotatable bonds is 65. The molecule has 0 aliphatic heterocycles. The molecule has 0 aromatic carbocycles. The Morgan fingerprint density at radius 1 is 0.213 bits per heavy atom. The summed E-state index contributed by atoms with van der Waals surface area (Å²) in [7, 11) is 0. The Labute approximate surface area is 469 Å². The van der Waals surface area contributed by atoms with Gasteiger partial charge >= 0.3 is 17.9 Å². The first-order chi connectivity index (χ1) is 37.0. The highest BCUT2D eigenvalue weighted by molar-refractivity contribution is 5.71. The van der Waals surface area contributed by atoms with Crippen LogP contribution in [0.2, 0.25) is 0 Å². The second kappa shape index (κ2) is 64.9. The summed E-state index contributed by atoms with van der Waals surface area (Å²) in [5.41, 5.74) is 0. The van der Waals surface area contributed by atoms with Crippen molar-refractivity contribution in [3.63, 3.8) is 0 Å². The van der Waals surface area contributed by atoms with Gasteiger partial charge in [0.25, 0.3) is 0 Å². The van der Waals surface area contributed by atoms with E-state index in [-0.39, 0.29) is 31.1 Å². The van der Waals surface area contributed by atoms with Gasteiger partial charge in [0, 0.05) is 19.3 Å². The van der Waals surface area contributed by atoms with E-state index in [2.05, 4.69) is 20.8 Å². The number of hydrogen-bond acceptors (Lipinski definition) is 6. The van der Waals surface area contributed by atoms with Crippen LogP contribution in [-0.4, -0.2) is 37.2 Å². The van der Waals surface area contributed by atoms with Crippen molar-refractivity contribution in [2.24, 2.45) is 0 Å². The lowest BCUT2D eigenvalue weighted by atomic mass is 10.0. The first-order valence-corrected chi connectivity index (χ1v) is 34.5.